The van der Waals surface area contributed by atoms with Crippen molar-refractivity contribution in [3.8, 4) is 0 Å². The summed E-state index contributed by atoms with van der Waals surface area (Å²) in [5, 5.41) is 1.55. The van der Waals surface area contributed by atoms with Crippen LogP contribution in [0.2, 0.25) is 0 Å². The van der Waals surface area contributed by atoms with Crippen molar-refractivity contribution in [2.75, 3.05) is 5.73 Å². The number of aromatic amines is 1. The number of aryl methyl sites for hydroxylation is 2. The molecule has 0 unspecified atom stereocenters. The third kappa shape index (κ3) is 3.07. The third-order valence-electron chi connectivity index (χ3n) is 2.14. The summed E-state index contributed by atoms with van der Waals surface area (Å²) in [4.78, 5) is 23.5. The van der Waals surface area contributed by atoms with E-state index in [1.807, 2.05) is 13.8 Å². The van der Waals surface area contributed by atoms with Gasteiger partial charge < -0.3 is 10.7 Å². The molecular formula is C10H12N4OS2. The highest BCUT2D eigenvalue weighted by Gasteiger charge is 2.06. The summed E-state index contributed by atoms with van der Waals surface area (Å²) in [6.07, 6.45) is 0. The average Bonchev–Trinajstić information content (AvgIpc) is 2.54. The molecule has 3 N–H and O–H groups in total. The number of thioether (sulfide) groups is 1. The molecule has 0 atom stereocenters. The van der Waals surface area contributed by atoms with Crippen LogP contribution in [0.25, 0.3) is 0 Å². The second-order valence-corrected chi connectivity index (χ2v) is 5.77. The largest absolute Gasteiger partial charge is 0.383 e. The van der Waals surface area contributed by atoms with Crippen LogP contribution in [0, 0.1) is 13.8 Å². The Morgan fingerprint density at radius 3 is 2.82 bits per heavy atom. The molecule has 0 fully saturated rings. The summed E-state index contributed by atoms with van der Waals surface area (Å²) in [7, 11) is 0. The third-order valence-corrected chi connectivity index (χ3v) is 4.29. The van der Waals surface area contributed by atoms with Crippen molar-refractivity contribution >= 4 is 28.9 Å². The van der Waals surface area contributed by atoms with Crippen LogP contribution in [0.5, 0.6) is 0 Å². The topological polar surface area (TPSA) is 84.7 Å². The van der Waals surface area contributed by atoms with Gasteiger partial charge in [-0.25, -0.2) is 9.97 Å². The highest BCUT2D eigenvalue weighted by molar-refractivity contribution is 7.98. The minimum absolute atomic E-state index is 0.230. The highest BCUT2D eigenvalue weighted by Crippen LogP contribution is 2.24. The maximum absolute atomic E-state index is 11.2. The molecule has 5 nitrogen and oxygen atoms in total. The summed E-state index contributed by atoms with van der Waals surface area (Å²) in [6.45, 7) is 4.03. The normalized spacial score (nSPS) is 10.7. The smallest absolute Gasteiger partial charge is 0.253 e. The molecule has 2 rings (SSSR count). The van der Waals surface area contributed by atoms with Crippen molar-refractivity contribution in [1.82, 2.24) is 15.0 Å². The quantitative estimate of drug-likeness (QED) is 0.654. The molecule has 2 aromatic heterocycles. The van der Waals surface area contributed by atoms with Crippen LogP contribution in [-0.4, -0.2) is 15.0 Å². The first-order valence-corrected chi connectivity index (χ1v) is 6.77. The molecule has 0 saturated heterocycles. The highest BCUT2D eigenvalue weighted by atomic mass is 32.2. The fraction of sp³-hybridized carbons (Fsp3) is 0.300. The van der Waals surface area contributed by atoms with Crippen molar-refractivity contribution in [1.29, 1.82) is 0 Å². The van der Waals surface area contributed by atoms with Crippen molar-refractivity contribution in [3.05, 3.63) is 32.0 Å². The summed E-state index contributed by atoms with van der Waals surface area (Å²) in [5.41, 5.74) is 6.32. The summed E-state index contributed by atoms with van der Waals surface area (Å²) < 4.78 is 0. The molecule has 0 aromatic carbocycles. The van der Waals surface area contributed by atoms with E-state index in [2.05, 4.69) is 15.0 Å². The van der Waals surface area contributed by atoms with Gasteiger partial charge in [0.15, 0.2) is 5.16 Å². The second kappa shape index (κ2) is 4.89. The lowest BCUT2D eigenvalue weighted by molar-refractivity contribution is 0.944. The number of anilines is 1. The van der Waals surface area contributed by atoms with Gasteiger partial charge in [-0.2, -0.15) is 0 Å². The molecular weight excluding hydrogens is 256 g/mol. The molecule has 0 aliphatic heterocycles. The number of rotatable bonds is 3. The van der Waals surface area contributed by atoms with E-state index in [0.717, 1.165) is 10.7 Å². The van der Waals surface area contributed by atoms with Gasteiger partial charge in [0.2, 0.25) is 0 Å². The minimum Gasteiger partial charge on any atom is -0.383 e. The average molecular weight is 268 g/mol. The van der Waals surface area contributed by atoms with Gasteiger partial charge in [0.25, 0.3) is 5.56 Å². The first-order valence-electron chi connectivity index (χ1n) is 4.97. The van der Waals surface area contributed by atoms with Gasteiger partial charge in [-0.05, 0) is 13.8 Å². The van der Waals surface area contributed by atoms with Gasteiger partial charge in [-0.1, -0.05) is 11.8 Å². The minimum atomic E-state index is -0.230. The Balaban J connectivity index is 2.09. The predicted octanol–water partition coefficient (Wildman–Crippen LogP) is 1.72. The molecule has 7 heteroatoms. The lowest BCUT2D eigenvalue weighted by Crippen LogP contribution is -2.09. The van der Waals surface area contributed by atoms with Crippen LogP contribution in [0.3, 0.4) is 0 Å². The Bertz CT molecular complexity index is 571. The molecule has 0 saturated carbocycles. The lowest BCUT2D eigenvalue weighted by Gasteiger charge is -1.98. The van der Waals surface area contributed by atoms with Crippen molar-refractivity contribution in [2.45, 2.75) is 24.8 Å². The number of H-pyrrole nitrogens is 1. The van der Waals surface area contributed by atoms with E-state index in [1.165, 1.54) is 22.7 Å². The Kier molecular flexibility index (Phi) is 3.49. The van der Waals surface area contributed by atoms with Crippen LogP contribution >= 0.6 is 23.1 Å². The molecule has 0 bridgehead atoms. The number of nitrogens with two attached hydrogens (primary N) is 1. The summed E-state index contributed by atoms with van der Waals surface area (Å²) in [5.74, 6) is 0.925. The maximum atomic E-state index is 11.2. The second-order valence-electron chi connectivity index (χ2n) is 3.51. The SMILES string of the molecule is Cc1nc(CSc2nc(N)cc(=O)[nH]2)sc1C. The van der Waals surface area contributed by atoms with E-state index in [1.54, 1.807) is 11.3 Å². The van der Waals surface area contributed by atoms with Crippen LogP contribution in [-0.2, 0) is 5.75 Å². The van der Waals surface area contributed by atoms with Crippen LogP contribution in [0.1, 0.15) is 15.6 Å². The van der Waals surface area contributed by atoms with Crippen molar-refractivity contribution < 1.29 is 0 Å². The molecule has 17 heavy (non-hydrogen) atoms. The van der Waals surface area contributed by atoms with Crippen LogP contribution in [0.4, 0.5) is 5.82 Å². The first kappa shape index (κ1) is 12.1. The van der Waals surface area contributed by atoms with Gasteiger partial charge in [-0.15, -0.1) is 11.3 Å². The zero-order valence-electron chi connectivity index (χ0n) is 9.48. The number of hydrogen-bond donors (Lipinski definition) is 2. The standard InChI is InChI=1S/C10H12N4OS2/c1-5-6(2)17-9(12-5)4-16-10-13-7(11)3-8(15)14-10/h3H,4H2,1-2H3,(H3,11,13,14,15). The van der Waals surface area contributed by atoms with Crippen LogP contribution < -0.4 is 11.3 Å². The van der Waals surface area contributed by atoms with Gasteiger partial charge in [-0.3, -0.25) is 4.79 Å². The van der Waals surface area contributed by atoms with E-state index in [-0.39, 0.29) is 11.4 Å². The zero-order chi connectivity index (χ0) is 12.4. The summed E-state index contributed by atoms with van der Waals surface area (Å²) in [6, 6.07) is 1.27. The Morgan fingerprint density at radius 2 is 2.24 bits per heavy atom. The Morgan fingerprint density at radius 1 is 1.47 bits per heavy atom. The Hall–Kier alpha value is -1.34. The van der Waals surface area contributed by atoms with Crippen molar-refractivity contribution in [3.63, 3.8) is 0 Å². The fourth-order valence-corrected chi connectivity index (χ4v) is 3.06. The summed E-state index contributed by atoms with van der Waals surface area (Å²) >= 11 is 3.08. The lowest BCUT2D eigenvalue weighted by atomic mass is 10.4. The number of nitrogens with one attached hydrogen (secondary N) is 1. The first-order chi connectivity index (χ1) is 8.04. The van der Waals surface area contributed by atoms with E-state index < -0.39 is 0 Å². The van der Waals surface area contributed by atoms with Crippen molar-refractivity contribution in [2.24, 2.45) is 0 Å². The molecule has 0 spiro atoms. The maximum Gasteiger partial charge on any atom is 0.253 e. The number of nitrogen functional groups attached to an aromatic ring is 1. The molecule has 0 aliphatic carbocycles. The van der Waals surface area contributed by atoms with Gasteiger partial charge in [0, 0.05) is 10.9 Å². The van der Waals surface area contributed by atoms with Gasteiger partial charge in [0.1, 0.15) is 10.8 Å². The molecule has 0 aliphatic rings. The Labute approximate surface area is 107 Å². The monoisotopic (exact) mass is 268 g/mol. The predicted molar refractivity (Wildman–Crippen MR) is 70.4 cm³/mol. The van der Waals surface area contributed by atoms with E-state index in [0.29, 0.717) is 10.9 Å². The number of aromatic nitrogens is 3. The van der Waals surface area contributed by atoms with Gasteiger partial charge >= 0.3 is 0 Å². The molecule has 0 radical (unpaired) electrons. The van der Waals surface area contributed by atoms with E-state index in [9.17, 15) is 4.79 Å². The van der Waals surface area contributed by atoms with Gasteiger partial charge in [0.05, 0.1) is 11.4 Å². The molecule has 2 aromatic rings. The number of nitrogens with zero attached hydrogens (tertiary/aromatic N) is 2. The van der Waals surface area contributed by atoms with Crippen LogP contribution in [0.15, 0.2) is 16.0 Å². The zero-order valence-corrected chi connectivity index (χ0v) is 11.1. The molecule has 90 valence electrons. The number of thiazole rings is 1. The molecule has 0 amide bonds. The number of hydrogen-bond acceptors (Lipinski definition) is 6. The van der Waals surface area contributed by atoms with E-state index >= 15 is 0 Å². The fourth-order valence-electron chi connectivity index (χ4n) is 1.25. The van der Waals surface area contributed by atoms with E-state index in [4.69, 9.17) is 5.73 Å². The molecule has 2 heterocycles.